The number of imidazole rings is 1. The van der Waals surface area contributed by atoms with Crippen LogP contribution in [0.15, 0.2) is 18.2 Å². The predicted octanol–water partition coefficient (Wildman–Crippen LogP) is 1.39. The number of nitrogens with zero attached hydrogens (tertiary/aromatic N) is 2. The third-order valence-electron chi connectivity index (χ3n) is 4.07. The summed E-state index contributed by atoms with van der Waals surface area (Å²) in [5, 5.41) is 9.30. The van der Waals surface area contributed by atoms with Gasteiger partial charge < -0.3 is 20.7 Å². The molecule has 1 fully saturated rings. The van der Waals surface area contributed by atoms with Gasteiger partial charge in [-0.15, -0.1) is 0 Å². The Kier molecular flexibility index (Phi) is 3.63. The Morgan fingerprint density at radius 1 is 1.45 bits per heavy atom. The first-order valence-corrected chi connectivity index (χ1v) is 7.21. The molecule has 108 valence electrons. The summed E-state index contributed by atoms with van der Waals surface area (Å²) in [6.45, 7) is 2.03. The van der Waals surface area contributed by atoms with Crippen molar-refractivity contribution >= 4 is 16.7 Å². The second-order valence-corrected chi connectivity index (χ2v) is 5.96. The van der Waals surface area contributed by atoms with E-state index in [1.54, 1.807) is 0 Å². The van der Waals surface area contributed by atoms with E-state index >= 15 is 0 Å². The molecule has 0 spiro atoms. The first-order valence-electron chi connectivity index (χ1n) is 7.21. The van der Waals surface area contributed by atoms with Crippen LogP contribution >= 0.6 is 0 Å². The average Bonchev–Trinajstić information content (AvgIpc) is 2.76. The van der Waals surface area contributed by atoms with Crippen LogP contribution in [0.2, 0.25) is 0 Å². The van der Waals surface area contributed by atoms with Gasteiger partial charge >= 0.3 is 0 Å². The highest BCUT2D eigenvalue weighted by atomic mass is 16.3. The number of rotatable bonds is 5. The van der Waals surface area contributed by atoms with Crippen molar-refractivity contribution < 1.29 is 5.11 Å². The van der Waals surface area contributed by atoms with Crippen LogP contribution in [-0.2, 0) is 6.42 Å². The Balaban J connectivity index is 1.53. The number of aromatic amines is 1. The molecule has 2 aromatic rings. The molecule has 1 aromatic heterocycles. The highest BCUT2D eigenvalue weighted by Crippen LogP contribution is 2.27. The molecule has 0 atom stereocenters. The lowest BCUT2D eigenvalue weighted by Crippen LogP contribution is -2.37. The normalized spacial score (nSPS) is 22.4. The molecule has 1 aliphatic rings. The molecule has 0 aliphatic heterocycles. The third kappa shape index (κ3) is 2.94. The molecule has 0 saturated heterocycles. The number of nitrogen functional groups attached to an aromatic ring is 1. The molecule has 0 bridgehead atoms. The first kappa shape index (κ1) is 13.4. The van der Waals surface area contributed by atoms with Crippen molar-refractivity contribution in [3.05, 3.63) is 24.0 Å². The van der Waals surface area contributed by atoms with Crippen LogP contribution in [0.25, 0.3) is 11.0 Å². The molecule has 3 rings (SSSR count). The summed E-state index contributed by atoms with van der Waals surface area (Å²) in [4.78, 5) is 10.2. The van der Waals surface area contributed by atoms with Gasteiger partial charge in [-0.25, -0.2) is 4.98 Å². The molecule has 5 heteroatoms. The van der Waals surface area contributed by atoms with Gasteiger partial charge in [-0.1, -0.05) is 0 Å². The number of hydrogen-bond donors (Lipinski definition) is 3. The van der Waals surface area contributed by atoms with Gasteiger partial charge in [0.25, 0.3) is 0 Å². The van der Waals surface area contributed by atoms with Crippen LogP contribution in [0.3, 0.4) is 0 Å². The number of fused-ring (bicyclic) bond motifs is 1. The van der Waals surface area contributed by atoms with Crippen LogP contribution in [0, 0.1) is 5.92 Å². The van der Waals surface area contributed by atoms with E-state index in [2.05, 4.69) is 21.9 Å². The Morgan fingerprint density at radius 3 is 3.00 bits per heavy atom. The highest BCUT2D eigenvalue weighted by molar-refractivity contribution is 5.78. The second-order valence-electron chi connectivity index (χ2n) is 5.96. The number of aliphatic hydroxyl groups excluding tert-OH is 1. The minimum atomic E-state index is -0.0609. The van der Waals surface area contributed by atoms with E-state index in [0.717, 1.165) is 54.9 Å². The summed E-state index contributed by atoms with van der Waals surface area (Å²) >= 11 is 0. The number of likely N-dealkylation sites (N-methyl/N-ethyl adjacent to an activating group) is 1. The van der Waals surface area contributed by atoms with Gasteiger partial charge in [-0.3, -0.25) is 0 Å². The molecule has 0 unspecified atom stereocenters. The first-order chi connectivity index (χ1) is 9.60. The molecule has 1 saturated carbocycles. The van der Waals surface area contributed by atoms with Crippen LogP contribution < -0.4 is 5.73 Å². The zero-order valence-corrected chi connectivity index (χ0v) is 11.8. The van der Waals surface area contributed by atoms with E-state index in [1.165, 1.54) is 0 Å². The van der Waals surface area contributed by atoms with E-state index in [9.17, 15) is 5.11 Å². The molecular formula is C15H22N4O. The Morgan fingerprint density at radius 2 is 2.25 bits per heavy atom. The van der Waals surface area contributed by atoms with Crippen molar-refractivity contribution in [2.75, 3.05) is 25.9 Å². The minimum absolute atomic E-state index is 0.0609. The lowest BCUT2D eigenvalue weighted by atomic mass is 9.82. The SMILES string of the molecule is CN(CCc1nc2ccc(N)cc2[nH]1)CC1CC(O)C1. The van der Waals surface area contributed by atoms with Crippen LogP contribution in [0.5, 0.6) is 0 Å². The topological polar surface area (TPSA) is 78.2 Å². The van der Waals surface area contributed by atoms with E-state index in [0.29, 0.717) is 5.92 Å². The van der Waals surface area contributed by atoms with E-state index in [-0.39, 0.29) is 6.10 Å². The number of hydrogen-bond acceptors (Lipinski definition) is 4. The summed E-state index contributed by atoms with van der Waals surface area (Å²) in [6, 6.07) is 5.75. The van der Waals surface area contributed by atoms with Crippen molar-refractivity contribution in [1.29, 1.82) is 0 Å². The van der Waals surface area contributed by atoms with Gasteiger partial charge in [-0.05, 0) is 44.0 Å². The number of aromatic nitrogens is 2. The molecule has 20 heavy (non-hydrogen) atoms. The smallest absolute Gasteiger partial charge is 0.108 e. The van der Waals surface area contributed by atoms with Gasteiger partial charge in [0.15, 0.2) is 0 Å². The van der Waals surface area contributed by atoms with Gasteiger partial charge in [0, 0.05) is 25.2 Å². The zero-order valence-electron chi connectivity index (χ0n) is 11.8. The van der Waals surface area contributed by atoms with Gasteiger partial charge in [0.1, 0.15) is 5.82 Å². The van der Waals surface area contributed by atoms with E-state index in [4.69, 9.17) is 5.73 Å². The fourth-order valence-electron chi connectivity index (χ4n) is 2.88. The largest absolute Gasteiger partial charge is 0.399 e. The van der Waals surface area contributed by atoms with Crippen LogP contribution in [0.4, 0.5) is 5.69 Å². The maximum absolute atomic E-state index is 9.30. The Bertz CT molecular complexity index is 589. The maximum atomic E-state index is 9.30. The minimum Gasteiger partial charge on any atom is -0.399 e. The van der Waals surface area contributed by atoms with Gasteiger partial charge in [0.2, 0.25) is 0 Å². The fraction of sp³-hybridized carbons (Fsp3) is 0.533. The summed E-state index contributed by atoms with van der Waals surface area (Å²) in [5.74, 6) is 1.66. The van der Waals surface area contributed by atoms with Crippen molar-refractivity contribution in [2.24, 2.45) is 5.92 Å². The average molecular weight is 274 g/mol. The number of H-pyrrole nitrogens is 1. The van der Waals surface area contributed by atoms with Gasteiger partial charge in [0.05, 0.1) is 17.1 Å². The summed E-state index contributed by atoms with van der Waals surface area (Å²) in [6.07, 6.45) is 2.75. The van der Waals surface area contributed by atoms with Crippen molar-refractivity contribution in [3.63, 3.8) is 0 Å². The number of benzene rings is 1. The molecule has 0 radical (unpaired) electrons. The number of nitrogens with one attached hydrogen (secondary N) is 1. The predicted molar refractivity (Wildman–Crippen MR) is 80.4 cm³/mol. The monoisotopic (exact) mass is 274 g/mol. The highest BCUT2D eigenvalue weighted by Gasteiger charge is 2.27. The Hall–Kier alpha value is -1.59. The van der Waals surface area contributed by atoms with Crippen LogP contribution in [0.1, 0.15) is 18.7 Å². The summed E-state index contributed by atoms with van der Waals surface area (Å²) < 4.78 is 0. The molecular weight excluding hydrogens is 252 g/mol. The quantitative estimate of drug-likeness (QED) is 0.720. The van der Waals surface area contributed by atoms with E-state index < -0.39 is 0 Å². The van der Waals surface area contributed by atoms with Crippen molar-refractivity contribution in [2.45, 2.75) is 25.4 Å². The van der Waals surface area contributed by atoms with E-state index in [1.807, 2.05) is 18.2 Å². The fourth-order valence-corrected chi connectivity index (χ4v) is 2.88. The molecule has 4 N–H and O–H groups in total. The molecule has 1 aromatic carbocycles. The Labute approximate surface area is 118 Å². The van der Waals surface area contributed by atoms with Crippen LogP contribution in [-0.4, -0.2) is 46.2 Å². The molecule has 1 heterocycles. The second kappa shape index (κ2) is 5.42. The van der Waals surface area contributed by atoms with Gasteiger partial charge in [-0.2, -0.15) is 0 Å². The molecule has 5 nitrogen and oxygen atoms in total. The lowest BCUT2D eigenvalue weighted by Gasteiger charge is -2.34. The maximum Gasteiger partial charge on any atom is 0.108 e. The van der Waals surface area contributed by atoms with Crippen molar-refractivity contribution in [1.82, 2.24) is 14.9 Å². The standard InChI is InChI=1S/C15H22N4O/c1-19(9-10-6-12(20)7-10)5-4-15-17-13-3-2-11(16)8-14(13)18-15/h2-3,8,10,12,20H,4-7,9,16H2,1H3,(H,17,18). The molecule has 0 amide bonds. The zero-order chi connectivity index (χ0) is 14.1. The summed E-state index contributed by atoms with van der Waals surface area (Å²) in [5.41, 5.74) is 8.50. The number of nitrogens with two attached hydrogens (primary N) is 1. The lowest BCUT2D eigenvalue weighted by molar-refractivity contribution is 0.0285. The molecule has 1 aliphatic carbocycles. The number of anilines is 1. The number of aliphatic hydroxyl groups is 1. The summed E-state index contributed by atoms with van der Waals surface area (Å²) in [7, 11) is 2.13. The van der Waals surface area contributed by atoms with Crippen molar-refractivity contribution in [3.8, 4) is 0 Å². The third-order valence-corrected chi connectivity index (χ3v) is 4.07.